The van der Waals surface area contributed by atoms with Gasteiger partial charge in [-0.1, -0.05) is 16.8 Å². The number of hydrogen-bond donors (Lipinski definition) is 1. The minimum absolute atomic E-state index is 0.0600. The standard InChI is InChI=1S/C13H14N2O4S/c1-8-2-3-11(16)10(6-8)13-14-12(15-19-13)9-4-5-20(17,18)7-9/h2-3,6,9,16H,4-5,7H2,1H3. The van der Waals surface area contributed by atoms with E-state index in [9.17, 15) is 13.5 Å². The van der Waals surface area contributed by atoms with Crippen molar-refractivity contribution in [2.24, 2.45) is 0 Å². The Morgan fingerprint density at radius 2 is 2.20 bits per heavy atom. The molecule has 1 aromatic carbocycles. The van der Waals surface area contributed by atoms with Gasteiger partial charge >= 0.3 is 0 Å². The van der Waals surface area contributed by atoms with Crippen LogP contribution in [0.15, 0.2) is 22.7 Å². The molecule has 1 atom stereocenters. The van der Waals surface area contributed by atoms with Gasteiger partial charge in [0.15, 0.2) is 15.7 Å². The fraction of sp³-hybridized carbons (Fsp3) is 0.385. The summed E-state index contributed by atoms with van der Waals surface area (Å²) in [6, 6.07) is 5.09. The molecule has 2 heterocycles. The minimum atomic E-state index is -2.98. The SMILES string of the molecule is Cc1ccc(O)c(-c2nc(C3CCS(=O)(=O)C3)no2)c1. The first-order valence-electron chi connectivity index (χ1n) is 6.29. The smallest absolute Gasteiger partial charge is 0.261 e. The fourth-order valence-corrected chi connectivity index (χ4v) is 4.07. The number of aryl methyl sites for hydroxylation is 1. The molecule has 6 nitrogen and oxygen atoms in total. The number of hydrogen-bond acceptors (Lipinski definition) is 6. The largest absolute Gasteiger partial charge is 0.507 e. The van der Waals surface area contributed by atoms with Crippen molar-refractivity contribution in [1.29, 1.82) is 0 Å². The summed E-state index contributed by atoms with van der Waals surface area (Å²) in [4.78, 5) is 4.23. The van der Waals surface area contributed by atoms with Crippen molar-refractivity contribution in [1.82, 2.24) is 10.1 Å². The molecule has 0 spiro atoms. The van der Waals surface area contributed by atoms with E-state index in [2.05, 4.69) is 10.1 Å². The van der Waals surface area contributed by atoms with Crippen LogP contribution in [0.3, 0.4) is 0 Å². The lowest BCUT2D eigenvalue weighted by atomic mass is 10.1. The molecule has 1 unspecified atom stereocenters. The Kier molecular flexibility index (Phi) is 3.01. The Morgan fingerprint density at radius 1 is 1.40 bits per heavy atom. The van der Waals surface area contributed by atoms with Gasteiger partial charge in [-0.15, -0.1) is 0 Å². The third-order valence-electron chi connectivity index (χ3n) is 3.42. The maximum Gasteiger partial charge on any atom is 0.261 e. The quantitative estimate of drug-likeness (QED) is 0.905. The van der Waals surface area contributed by atoms with Crippen molar-refractivity contribution in [3.8, 4) is 17.2 Å². The molecule has 1 aromatic heterocycles. The molecule has 0 aliphatic carbocycles. The van der Waals surface area contributed by atoms with Crippen molar-refractivity contribution in [2.45, 2.75) is 19.3 Å². The monoisotopic (exact) mass is 294 g/mol. The van der Waals surface area contributed by atoms with Crippen LogP contribution in [0.4, 0.5) is 0 Å². The summed E-state index contributed by atoms with van der Waals surface area (Å²) >= 11 is 0. The van der Waals surface area contributed by atoms with Crippen LogP contribution in [-0.2, 0) is 9.84 Å². The number of nitrogens with zero attached hydrogens (tertiary/aromatic N) is 2. The van der Waals surface area contributed by atoms with E-state index in [4.69, 9.17) is 4.52 Å². The minimum Gasteiger partial charge on any atom is -0.507 e. The lowest BCUT2D eigenvalue weighted by Gasteiger charge is -2.00. The molecule has 1 aliphatic heterocycles. The maximum atomic E-state index is 11.5. The summed E-state index contributed by atoms with van der Waals surface area (Å²) in [6.07, 6.45) is 0.515. The number of benzene rings is 1. The lowest BCUT2D eigenvalue weighted by molar-refractivity contribution is 0.413. The average Bonchev–Trinajstić information content (AvgIpc) is 2.98. The normalized spacial score (nSPS) is 21.1. The summed E-state index contributed by atoms with van der Waals surface area (Å²) in [6.45, 7) is 1.89. The van der Waals surface area contributed by atoms with Crippen LogP contribution in [0.5, 0.6) is 5.75 Å². The summed E-state index contributed by atoms with van der Waals surface area (Å²) in [5, 5.41) is 13.7. The molecule has 0 amide bonds. The first-order valence-corrected chi connectivity index (χ1v) is 8.11. The summed E-state index contributed by atoms with van der Waals surface area (Å²) < 4.78 is 28.1. The molecule has 106 valence electrons. The van der Waals surface area contributed by atoms with Crippen molar-refractivity contribution in [3.63, 3.8) is 0 Å². The van der Waals surface area contributed by atoms with Gasteiger partial charge in [0.1, 0.15) is 5.75 Å². The Morgan fingerprint density at radius 3 is 2.90 bits per heavy atom. The topological polar surface area (TPSA) is 93.3 Å². The maximum absolute atomic E-state index is 11.5. The summed E-state index contributed by atoms with van der Waals surface area (Å²) in [5.74, 6) is 0.671. The van der Waals surface area contributed by atoms with Gasteiger partial charge in [0.05, 0.1) is 17.1 Å². The molecule has 1 N–H and O–H groups in total. The Labute approximate surface area is 116 Å². The number of aromatic nitrogens is 2. The molecule has 2 aromatic rings. The van der Waals surface area contributed by atoms with Gasteiger partial charge in [-0.25, -0.2) is 8.42 Å². The molecule has 1 saturated heterocycles. The van der Waals surface area contributed by atoms with E-state index in [0.717, 1.165) is 5.56 Å². The highest BCUT2D eigenvalue weighted by Gasteiger charge is 2.32. The molecule has 1 fully saturated rings. The van der Waals surface area contributed by atoms with E-state index in [-0.39, 0.29) is 29.1 Å². The van der Waals surface area contributed by atoms with Gasteiger partial charge in [-0.05, 0) is 25.5 Å². The zero-order chi connectivity index (χ0) is 14.3. The number of phenols is 1. The van der Waals surface area contributed by atoms with Crippen molar-refractivity contribution in [3.05, 3.63) is 29.6 Å². The van der Waals surface area contributed by atoms with E-state index in [1.165, 1.54) is 0 Å². The number of rotatable bonds is 2. The van der Waals surface area contributed by atoms with Crippen LogP contribution >= 0.6 is 0 Å². The fourth-order valence-electron chi connectivity index (χ4n) is 2.33. The van der Waals surface area contributed by atoms with Crippen LogP contribution in [0.1, 0.15) is 23.7 Å². The zero-order valence-corrected chi connectivity index (χ0v) is 11.7. The van der Waals surface area contributed by atoms with E-state index in [1.54, 1.807) is 18.2 Å². The van der Waals surface area contributed by atoms with Crippen LogP contribution in [0.25, 0.3) is 11.5 Å². The molecule has 7 heteroatoms. The predicted octanol–water partition coefficient (Wildman–Crippen LogP) is 1.65. The van der Waals surface area contributed by atoms with Crippen LogP contribution in [-0.4, -0.2) is 35.2 Å². The number of phenolic OH excluding ortho intramolecular Hbond substituents is 1. The number of sulfone groups is 1. The molecular weight excluding hydrogens is 280 g/mol. The van der Waals surface area contributed by atoms with Crippen LogP contribution < -0.4 is 0 Å². The second-order valence-electron chi connectivity index (χ2n) is 5.08. The molecule has 0 bridgehead atoms. The van der Waals surface area contributed by atoms with E-state index < -0.39 is 9.84 Å². The highest BCUT2D eigenvalue weighted by atomic mass is 32.2. The van der Waals surface area contributed by atoms with Gasteiger partial charge in [0, 0.05) is 5.92 Å². The van der Waals surface area contributed by atoms with E-state index >= 15 is 0 Å². The van der Waals surface area contributed by atoms with Gasteiger partial charge < -0.3 is 9.63 Å². The highest BCUT2D eigenvalue weighted by Crippen LogP contribution is 2.32. The Balaban J connectivity index is 1.93. The molecular formula is C13H14N2O4S. The first-order chi connectivity index (χ1) is 9.44. The van der Waals surface area contributed by atoms with Crippen LogP contribution in [0, 0.1) is 6.92 Å². The highest BCUT2D eigenvalue weighted by molar-refractivity contribution is 7.91. The van der Waals surface area contributed by atoms with Crippen molar-refractivity contribution in [2.75, 3.05) is 11.5 Å². The molecule has 0 saturated carbocycles. The van der Waals surface area contributed by atoms with Gasteiger partial charge in [0.2, 0.25) is 0 Å². The molecule has 20 heavy (non-hydrogen) atoms. The second kappa shape index (κ2) is 4.59. The third-order valence-corrected chi connectivity index (χ3v) is 5.19. The second-order valence-corrected chi connectivity index (χ2v) is 7.31. The summed E-state index contributed by atoms with van der Waals surface area (Å²) in [7, 11) is -2.98. The Bertz CT molecular complexity index is 751. The predicted molar refractivity (Wildman–Crippen MR) is 72.1 cm³/mol. The van der Waals surface area contributed by atoms with Gasteiger partial charge in [-0.3, -0.25) is 0 Å². The molecule has 1 aliphatic rings. The van der Waals surface area contributed by atoms with Gasteiger partial charge in [-0.2, -0.15) is 4.98 Å². The van der Waals surface area contributed by atoms with Crippen molar-refractivity contribution >= 4 is 9.84 Å². The summed E-state index contributed by atoms with van der Waals surface area (Å²) in [5.41, 5.74) is 1.42. The van der Waals surface area contributed by atoms with Gasteiger partial charge in [0.25, 0.3) is 5.89 Å². The zero-order valence-electron chi connectivity index (χ0n) is 10.9. The molecule has 0 radical (unpaired) electrons. The van der Waals surface area contributed by atoms with Crippen molar-refractivity contribution < 1.29 is 18.0 Å². The lowest BCUT2D eigenvalue weighted by Crippen LogP contribution is -2.05. The number of aromatic hydroxyl groups is 1. The Hall–Kier alpha value is -1.89. The molecule has 3 rings (SSSR count). The third kappa shape index (κ3) is 2.40. The average molecular weight is 294 g/mol. The first kappa shape index (κ1) is 13.1. The van der Waals surface area contributed by atoms with E-state index in [1.807, 2.05) is 6.92 Å². The van der Waals surface area contributed by atoms with Crippen LogP contribution in [0.2, 0.25) is 0 Å². The van der Waals surface area contributed by atoms with E-state index in [0.29, 0.717) is 17.8 Å².